The van der Waals surface area contributed by atoms with Crippen LogP contribution in [0.1, 0.15) is 63.6 Å². The number of hydrogen-bond acceptors (Lipinski definition) is 4. The second-order valence-electron chi connectivity index (χ2n) is 7.40. The standard InChI is InChI=1S/C19H31N5O/c1-12(2)23(13(3)4)9-8-20-19(25)17-10-16-11-21-24(14(5)6)18(16)22-15(17)7/h10-14H,8-9H2,1-7H3,(H,20,25). The van der Waals surface area contributed by atoms with E-state index in [9.17, 15) is 4.79 Å². The van der Waals surface area contributed by atoms with Crippen LogP contribution in [-0.4, -0.2) is 50.7 Å². The number of pyridine rings is 1. The average molecular weight is 345 g/mol. The number of aryl methyl sites for hydroxylation is 1. The van der Waals surface area contributed by atoms with Gasteiger partial charge in [0.2, 0.25) is 0 Å². The minimum Gasteiger partial charge on any atom is -0.351 e. The van der Waals surface area contributed by atoms with Crippen molar-refractivity contribution in [2.24, 2.45) is 0 Å². The number of fused-ring (bicyclic) bond motifs is 1. The Morgan fingerprint density at radius 3 is 2.40 bits per heavy atom. The highest BCUT2D eigenvalue weighted by Crippen LogP contribution is 2.19. The predicted molar refractivity (Wildman–Crippen MR) is 102 cm³/mol. The highest BCUT2D eigenvalue weighted by Gasteiger charge is 2.17. The molecule has 6 heteroatoms. The van der Waals surface area contributed by atoms with Gasteiger partial charge in [-0.2, -0.15) is 5.10 Å². The highest BCUT2D eigenvalue weighted by molar-refractivity contribution is 5.98. The van der Waals surface area contributed by atoms with E-state index >= 15 is 0 Å². The predicted octanol–water partition coefficient (Wildman–Crippen LogP) is 3.17. The van der Waals surface area contributed by atoms with Crippen molar-refractivity contribution in [3.05, 3.63) is 23.5 Å². The van der Waals surface area contributed by atoms with Gasteiger partial charge in [-0.05, 0) is 54.5 Å². The van der Waals surface area contributed by atoms with Crippen LogP contribution in [0.2, 0.25) is 0 Å². The van der Waals surface area contributed by atoms with Gasteiger partial charge in [0.15, 0.2) is 5.65 Å². The Labute approximate surface area is 150 Å². The van der Waals surface area contributed by atoms with Crippen molar-refractivity contribution in [2.75, 3.05) is 13.1 Å². The Bertz CT molecular complexity index is 725. The van der Waals surface area contributed by atoms with Crippen molar-refractivity contribution >= 4 is 16.9 Å². The first-order valence-corrected chi connectivity index (χ1v) is 9.11. The number of aromatic nitrogens is 3. The molecule has 0 aliphatic heterocycles. The molecule has 0 aliphatic rings. The number of carbonyl (C=O) groups is 1. The van der Waals surface area contributed by atoms with Gasteiger partial charge in [-0.15, -0.1) is 0 Å². The lowest BCUT2D eigenvalue weighted by molar-refractivity contribution is 0.0938. The second kappa shape index (κ2) is 7.95. The largest absolute Gasteiger partial charge is 0.351 e. The molecule has 0 unspecified atom stereocenters. The van der Waals surface area contributed by atoms with Gasteiger partial charge < -0.3 is 5.32 Å². The molecule has 6 nitrogen and oxygen atoms in total. The summed E-state index contributed by atoms with van der Waals surface area (Å²) in [4.78, 5) is 19.5. The molecule has 0 aliphatic carbocycles. The summed E-state index contributed by atoms with van der Waals surface area (Å²) in [5.74, 6) is -0.0725. The van der Waals surface area contributed by atoms with Gasteiger partial charge >= 0.3 is 0 Å². The van der Waals surface area contributed by atoms with Crippen LogP contribution >= 0.6 is 0 Å². The van der Waals surface area contributed by atoms with E-state index in [2.05, 4.69) is 61.8 Å². The smallest absolute Gasteiger partial charge is 0.253 e. The average Bonchev–Trinajstić information content (AvgIpc) is 2.92. The summed E-state index contributed by atoms with van der Waals surface area (Å²) in [6.07, 6.45) is 1.78. The minimum atomic E-state index is -0.0725. The third-order valence-corrected chi connectivity index (χ3v) is 4.48. The van der Waals surface area contributed by atoms with E-state index in [4.69, 9.17) is 0 Å². The summed E-state index contributed by atoms with van der Waals surface area (Å²) < 4.78 is 1.88. The molecule has 0 radical (unpaired) electrons. The molecule has 2 heterocycles. The normalized spacial score (nSPS) is 12.1. The highest BCUT2D eigenvalue weighted by atomic mass is 16.1. The number of carbonyl (C=O) groups excluding carboxylic acids is 1. The van der Waals surface area contributed by atoms with Crippen LogP contribution in [0.5, 0.6) is 0 Å². The van der Waals surface area contributed by atoms with Crippen molar-refractivity contribution in [3.63, 3.8) is 0 Å². The zero-order chi connectivity index (χ0) is 18.7. The third-order valence-electron chi connectivity index (χ3n) is 4.48. The summed E-state index contributed by atoms with van der Waals surface area (Å²) in [6, 6.07) is 3.04. The van der Waals surface area contributed by atoms with Crippen LogP contribution in [0.4, 0.5) is 0 Å². The van der Waals surface area contributed by atoms with Crippen LogP contribution in [0.25, 0.3) is 11.0 Å². The van der Waals surface area contributed by atoms with E-state index in [1.165, 1.54) is 0 Å². The van der Waals surface area contributed by atoms with Gasteiger partial charge in [-0.3, -0.25) is 9.69 Å². The van der Waals surface area contributed by atoms with Crippen molar-refractivity contribution in [1.82, 2.24) is 25.0 Å². The SMILES string of the molecule is Cc1nc2c(cnn2C(C)C)cc1C(=O)NCCN(C(C)C)C(C)C. The van der Waals surface area contributed by atoms with Crippen LogP contribution in [-0.2, 0) is 0 Å². The van der Waals surface area contributed by atoms with Crippen LogP contribution in [0, 0.1) is 6.92 Å². The monoisotopic (exact) mass is 345 g/mol. The summed E-state index contributed by atoms with van der Waals surface area (Å²) in [6.45, 7) is 16.2. The molecule has 2 aromatic heterocycles. The van der Waals surface area contributed by atoms with E-state index in [0.717, 1.165) is 23.3 Å². The van der Waals surface area contributed by atoms with Crippen molar-refractivity contribution < 1.29 is 4.79 Å². The molecule has 2 aromatic rings. The molecular weight excluding hydrogens is 314 g/mol. The Morgan fingerprint density at radius 2 is 1.84 bits per heavy atom. The first-order valence-electron chi connectivity index (χ1n) is 9.11. The molecule has 0 saturated heterocycles. The molecule has 138 valence electrons. The molecular formula is C19H31N5O. The van der Waals surface area contributed by atoms with Crippen LogP contribution in [0.15, 0.2) is 12.3 Å². The van der Waals surface area contributed by atoms with Crippen LogP contribution in [0.3, 0.4) is 0 Å². The Hall–Kier alpha value is -1.95. The molecule has 0 saturated carbocycles. The first kappa shape index (κ1) is 19.4. The minimum absolute atomic E-state index is 0.0725. The Kier molecular flexibility index (Phi) is 6.16. The zero-order valence-electron chi connectivity index (χ0n) is 16.5. The molecule has 0 bridgehead atoms. The van der Waals surface area contributed by atoms with E-state index in [1.54, 1.807) is 6.20 Å². The summed E-state index contributed by atoms with van der Waals surface area (Å²) in [7, 11) is 0. The topological polar surface area (TPSA) is 63.1 Å². The lowest BCUT2D eigenvalue weighted by atomic mass is 10.1. The fourth-order valence-electron chi connectivity index (χ4n) is 3.18. The van der Waals surface area contributed by atoms with Gasteiger partial charge in [-0.1, -0.05) is 0 Å². The maximum atomic E-state index is 12.6. The molecule has 2 rings (SSSR count). The van der Waals surface area contributed by atoms with E-state index in [1.807, 2.05) is 17.7 Å². The molecule has 25 heavy (non-hydrogen) atoms. The molecule has 0 atom stereocenters. The molecule has 0 spiro atoms. The fraction of sp³-hybridized carbons (Fsp3) is 0.632. The summed E-state index contributed by atoms with van der Waals surface area (Å²) >= 11 is 0. The van der Waals surface area contributed by atoms with Gasteiger partial charge in [0.1, 0.15) is 0 Å². The van der Waals surface area contributed by atoms with E-state index < -0.39 is 0 Å². The number of nitrogens with zero attached hydrogens (tertiary/aromatic N) is 4. The lowest BCUT2D eigenvalue weighted by Crippen LogP contribution is -2.42. The van der Waals surface area contributed by atoms with Gasteiger partial charge in [0.05, 0.1) is 17.5 Å². The molecule has 1 amide bonds. The quantitative estimate of drug-likeness (QED) is 0.837. The van der Waals surface area contributed by atoms with Crippen molar-refractivity contribution in [1.29, 1.82) is 0 Å². The van der Waals surface area contributed by atoms with Crippen LogP contribution < -0.4 is 5.32 Å². The second-order valence-corrected chi connectivity index (χ2v) is 7.40. The van der Waals surface area contributed by atoms with Crippen molar-refractivity contribution in [3.8, 4) is 0 Å². The van der Waals surface area contributed by atoms with Gasteiger partial charge in [0, 0.05) is 36.6 Å². The van der Waals surface area contributed by atoms with Crippen molar-refractivity contribution in [2.45, 2.75) is 66.6 Å². The maximum absolute atomic E-state index is 12.6. The lowest BCUT2D eigenvalue weighted by Gasteiger charge is -2.30. The number of nitrogens with one attached hydrogen (secondary N) is 1. The fourth-order valence-corrected chi connectivity index (χ4v) is 3.18. The molecule has 0 fully saturated rings. The number of hydrogen-bond donors (Lipinski definition) is 1. The summed E-state index contributed by atoms with van der Waals surface area (Å²) in [5, 5.41) is 8.30. The first-order chi connectivity index (χ1) is 11.7. The third kappa shape index (κ3) is 4.37. The summed E-state index contributed by atoms with van der Waals surface area (Å²) in [5.41, 5.74) is 2.18. The number of rotatable bonds is 7. The Morgan fingerprint density at radius 1 is 1.20 bits per heavy atom. The van der Waals surface area contributed by atoms with Gasteiger partial charge in [0.25, 0.3) is 5.91 Å². The van der Waals surface area contributed by atoms with Gasteiger partial charge in [-0.25, -0.2) is 9.67 Å². The number of amides is 1. The Balaban J connectivity index is 2.10. The van der Waals surface area contributed by atoms with E-state index in [-0.39, 0.29) is 11.9 Å². The zero-order valence-corrected chi connectivity index (χ0v) is 16.5. The maximum Gasteiger partial charge on any atom is 0.253 e. The molecule has 1 N–H and O–H groups in total. The molecule has 0 aromatic carbocycles. The van der Waals surface area contributed by atoms with E-state index in [0.29, 0.717) is 24.2 Å².